The third kappa shape index (κ3) is 6.18. The van der Waals surface area contributed by atoms with Crippen molar-refractivity contribution < 1.29 is 18.8 Å². The van der Waals surface area contributed by atoms with Gasteiger partial charge in [-0.3, -0.25) is 9.59 Å². The summed E-state index contributed by atoms with van der Waals surface area (Å²) in [4.78, 5) is 26.8. The van der Waals surface area contributed by atoms with Crippen LogP contribution in [0.5, 0.6) is 5.75 Å². The number of carbonyl (C=O) groups is 2. The summed E-state index contributed by atoms with van der Waals surface area (Å²) in [6, 6.07) is 18.4. The summed E-state index contributed by atoms with van der Waals surface area (Å²) in [5, 5.41) is 6.71. The van der Waals surface area contributed by atoms with Gasteiger partial charge in [0.25, 0.3) is 11.8 Å². The lowest BCUT2D eigenvalue weighted by atomic mass is 10.1. The number of carbonyl (C=O) groups excluding carboxylic acids is 2. The zero-order valence-corrected chi connectivity index (χ0v) is 17.8. The average Bonchev–Trinajstić information content (AvgIpc) is 3.28. The number of methoxy groups -OCH3 is 1. The number of hydrogen-bond donors (Lipinski definition) is 1. The fraction of sp³-hybridized carbons (Fsp3) is 0.292. The molecule has 1 heterocycles. The first kappa shape index (κ1) is 22.1. The van der Waals surface area contributed by atoms with E-state index < -0.39 is 0 Å². The number of ether oxygens (including phenoxy) is 1. The van der Waals surface area contributed by atoms with E-state index in [2.05, 4.69) is 10.5 Å². The molecule has 31 heavy (non-hydrogen) atoms. The maximum atomic E-state index is 12.8. The van der Waals surface area contributed by atoms with Crippen LogP contribution < -0.4 is 10.1 Å². The molecule has 0 unspecified atom stereocenters. The van der Waals surface area contributed by atoms with Crippen LogP contribution in [0.2, 0.25) is 0 Å². The van der Waals surface area contributed by atoms with Crippen molar-refractivity contribution in [2.24, 2.45) is 0 Å². The van der Waals surface area contributed by atoms with Gasteiger partial charge in [-0.1, -0.05) is 42.4 Å². The number of amides is 2. The van der Waals surface area contributed by atoms with Gasteiger partial charge in [0, 0.05) is 24.7 Å². The number of hydrogen-bond acceptors (Lipinski definition) is 5. The molecular weight excluding hydrogens is 394 g/mol. The second-order valence-electron chi connectivity index (χ2n) is 7.13. The smallest absolute Gasteiger partial charge is 0.273 e. The van der Waals surface area contributed by atoms with Gasteiger partial charge in [0.2, 0.25) is 0 Å². The van der Waals surface area contributed by atoms with Crippen LogP contribution >= 0.6 is 0 Å². The quantitative estimate of drug-likeness (QED) is 0.539. The van der Waals surface area contributed by atoms with E-state index in [1.165, 1.54) is 0 Å². The molecule has 0 bridgehead atoms. The van der Waals surface area contributed by atoms with Gasteiger partial charge in [0.15, 0.2) is 11.5 Å². The van der Waals surface area contributed by atoms with Crippen molar-refractivity contribution in [1.82, 2.24) is 15.4 Å². The molecule has 0 fully saturated rings. The molecule has 1 N–H and O–H groups in total. The van der Waals surface area contributed by atoms with Crippen molar-refractivity contribution in [2.75, 3.05) is 20.2 Å². The van der Waals surface area contributed by atoms with Crippen molar-refractivity contribution in [1.29, 1.82) is 0 Å². The third-order valence-corrected chi connectivity index (χ3v) is 4.80. The van der Waals surface area contributed by atoms with Crippen LogP contribution in [-0.4, -0.2) is 42.1 Å². The van der Waals surface area contributed by atoms with Gasteiger partial charge in [0.05, 0.1) is 13.7 Å². The van der Waals surface area contributed by atoms with Crippen LogP contribution in [-0.2, 0) is 13.0 Å². The SMILES string of the molecule is CCCN(Cc1cc(C(=O)NCCc2ccc(OC)cc2)no1)C(=O)c1ccccc1. The Morgan fingerprint density at radius 2 is 1.84 bits per heavy atom. The van der Waals surface area contributed by atoms with Gasteiger partial charge < -0.3 is 19.5 Å². The van der Waals surface area contributed by atoms with E-state index in [9.17, 15) is 9.59 Å². The highest BCUT2D eigenvalue weighted by atomic mass is 16.5. The first-order valence-corrected chi connectivity index (χ1v) is 10.3. The molecule has 0 atom stereocenters. The Bertz CT molecular complexity index is 984. The zero-order valence-electron chi connectivity index (χ0n) is 17.8. The predicted molar refractivity (Wildman–Crippen MR) is 117 cm³/mol. The summed E-state index contributed by atoms with van der Waals surface area (Å²) in [6.07, 6.45) is 1.50. The largest absolute Gasteiger partial charge is 0.497 e. The molecule has 7 heteroatoms. The zero-order chi connectivity index (χ0) is 22.1. The molecule has 7 nitrogen and oxygen atoms in total. The van der Waals surface area contributed by atoms with Gasteiger partial charge in [-0.05, 0) is 42.7 Å². The van der Waals surface area contributed by atoms with Crippen LogP contribution in [0.15, 0.2) is 65.2 Å². The van der Waals surface area contributed by atoms with E-state index in [4.69, 9.17) is 9.26 Å². The topological polar surface area (TPSA) is 84.7 Å². The minimum atomic E-state index is -0.306. The first-order valence-electron chi connectivity index (χ1n) is 10.3. The Morgan fingerprint density at radius 1 is 1.10 bits per heavy atom. The molecule has 2 aromatic carbocycles. The molecule has 3 aromatic rings. The first-order chi connectivity index (χ1) is 15.1. The molecular formula is C24H27N3O4. The molecule has 0 aliphatic heterocycles. The number of nitrogens with zero attached hydrogens (tertiary/aromatic N) is 2. The fourth-order valence-electron chi connectivity index (χ4n) is 3.17. The van der Waals surface area contributed by atoms with Crippen LogP contribution in [0, 0.1) is 0 Å². The van der Waals surface area contributed by atoms with Crippen molar-refractivity contribution in [3.63, 3.8) is 0 Å². The Balaban J connectivity index is 1.55. The molecule has 0 saturated carbocycles. The summed E-state index contributed by atoms with van der Waals surface area (Å²) in [5.74, 6) is 0.882. The molecule has 0 aliphatic carbocycles. The van der Waals surface area contributed by atoms with E-state index in [1.807, 2.05) is 49.4 Å². The molecule has 3 rings (SSSR count). The van der Waals surface area contributed by atoms with Crippen LogP contribution in [0.3, 0.4) is 0 Å². The van der Waals surface area contributed by atoms with Crippen molar-refractivity contribution in [3.8, 4) is 5.75 Å². The van der Waals surface area contributed by atoms with Gasteiger partial charge in [0.1, 0.15) is 5.75 Å². The van der Waals surface area contributed by atoms with Crippen LogP contribution in [0.4, 0.5) is 0 Å². The standard InChI is InChI=1S/C24H27N3O4/c1-3-15-27(24(29)19-7-5-4-6-8-19)17-21-16-22(26-31-21)23(28)25-14-13-18-9-11-20(30-2)12-10-18/h4-12,16H,3,13-15,17H2,1-2H3,(H,25,28). The Morgan fingerprint density at radius 3 is 2.52 bits per heavy atom. The minimum Gasteiger partial charge on any atom is -0.497 e. The maximum absolute atomic E-state index is 12.8. The molecule has 1 aromatic heterocycles. The fourth-order valence-corrected chi connectivity index (χ4v) is 3.17. The van der Waals surface area contributed by atoms with Gasteiger partial charge >= 0.3 is 0 Å². The highest BCUT2D eigenvalue weighted by molar-refractivity contribution is 5.94. The summed E-state index contributed by atoms with van der Waals surface area (Å²) < 4.78 is 10.5. The third-order valence-electron chi connectivity index (χ3n) is 4.80. The summed E-state index contributed by atoms with van der Waals surface area (Å²) in [5.41, 5.74) is 1.91. The lowest BCUT2D eigenvalue weighted by molar-refractivity contribution is 0.0727. The van der Waals surface area contributed by atoms with Crippen molar-refractivity contribution >= 4 is 11.8 Å². The molecule has 0 spiro atoms. The number of nitrogens with one attached hydrogen (secondary N) is 1. The molecule has 0 aliphatic rings. The highest BCUT2D eigenvalue weighted by Gasteiger charge is 2.19. The summed E-state index contributed by atoms with van der Waals surface area (Å²) in [7, 11) is 1.63. The summed E-state index contributed by atoms with van der Waals surface area (Å²) >= 11 is 0. The monoisotopic (exact) mass is 421 g/mol. The van der Waals surface area contributed by atoms with E-state index in [-0.39, 0.29) is 24.1 Å². The Hall–Kier alpha value is -3.61. The normalized spacial score (nSPS) is 10.5. The van der Waals surface area contributed by atoms with E-state index in [0.29, 0.717) is 30.8 Å². The van der Waals surface area contributed by atoms with Crippen molar-refractivity contribution in [2.45, 2.75) is 26.3 Å². The van der Waals surface area contributed by atoms with Crippen LogP contribution in [0.1, 0.15) is 45.5 Å². The van der Waals surface area contributed by atoms with E-state index in [1.54, 1.807) is 30.2 Å². The average molecular weight is 421 g/mol. The van der Waals surface area contributed by atoms with E-state index in [0.717, 1.165) is 17.7 Å². The predicted octanol–water partition coefficient (Wildman–Crippen LogP) is 3.71. The second kappa shape index (κ2) is 11.0. The lowest BCUT2D eigenvalue weighted by Gasteiger charge is -2.20. The van der Waals surface area contributed by atoms with Crippen molar-refractivity contribution in [3.05, 3.63) is 83.2 Å². The minimum absolute atomic E-state index is 0.0793. The maximum Gasteiger partial charge on any atom is 0.273 e. The summed E-state index contributed by atoms with van der Waals surface area (Å²) in [6.45, 7) is 3.32. The van der Waals surface area contributed by atoms with Gasteiger partial charge in [-0.2, -0.15) is 0 Å². The Labute approximate surface area is 182 Å². The number of aromatic nitrogens is 1. The Kier molecular flexibility index (Phi) is 7.81. The molecule has 0 radical (unpaired) electrons. The highest BCUT2D eigenvalue weighted by Crippen LogP contribution is 2.13. The molecule has 162 valence electrons. The van der Waals surface area contributed by atoms with Gasteiger partial charge in [-0.15, -0.1) is 0 Å². The lowest BCUT2D eigenvalue weighted by Crippen LogP contribution is -2.31. The number of rotatable bonds is 10. The van der Waals surface area contributed by atoms with Gasteiger partial charge in [-0.25, -0.2) is 0 Å². The number of benzene rings is 2. The second-order valence-corrected chi connectivity index (χ2v) is 7.13. The molecule has 2 amide bonds. The molecule has 0 saturated heterocycles. The van der Waals surface area contributed by atoms with Crippen LogP contribution in [0.25, 0.3) is 0 Å². The van der Waals surface area contributed by atoms with E-state index >= 15 is 0 Å².